The van der Waals surface area contributed by atoms with E-state index in [1.54, 1.807) is 22.2 Å². The Morgan fingerprint density at radius 3 is 2.10 bits per heavy atom. The molecule has 0 radical (unpaired) electrons. The Hall–Kier alpha value is -6.36. The number of benzene rings is 3. The third kappa shape index (κ3) is 9.10. The molecule has 0 spiro atoms. The van der Waals surface area contributed by atoms with Gasteiger partial charge >= 0.3 is 18.8 Å². The highest BCUT2D eigenvalue weighted by Gasteiger charge is 2.51. The zero-order valence-electron chi connectivity index (χ0n) is 35.6. The highest BCUT2D eigenvalue weighted by Crippen LogP contribution is 2.50. The van der Waals surface area contributed by atoms with E-state index in [0.29, 0.717) is 18.2 Å². The van der Waals surface area contributed by atoms with Gasteiger partial charge in [-0.25, -0.2) is 19.6 Å². The maximum atomic E-state index is 13.9. The van der Waals surface area contributed by atoms with Gasteiger partial charge in [0.05, 0.1) is 56.7 Å². The van der Waals surface area contributed by atoms with Gasteiger partial charge in [-0.2, -0.15) is 8.78 Å². The summed E-state index contributed by atoms with van der Waals surface area (Å²) >= 11 is 0. The minimum absolute atomic E-state index is 0.0559. The summed E-state index contributed by atoms with van der Waals surface area (Å²) in [6, 6.07) is 18.3. The minimum Gasteiger partial charge on any atom is -0.453 e. The molecule has 2 aliphatic heterocycles. The molecule has 2 aromatic heterocycles. The molecular formula is C46H52F2N8O7. The van der Waals surface area contributed by atoms with Crippen molar-refractivity contribution in [2.24, 2.45) is 11.8 Å². The summed E-state index contributed by atoms with van der Waals surface area (Å²) in [6.45, 7) is 0.964. The number of alkyl carbamates (subject to hydrolysis) is 2. The number of amides is 4. The molecule has 6 atom stereocenters. The second kappa shape index (κ2) is 18.5. The first-order chi connectivity index (χ1) is 30.4. The van der Waals surface area contributed by atoms with Gasteiger partial charge in [-0.15, -0.1) is 0 Å². The third-order valence-electron chi connectivity index (χ3n) is 12.7. The van der Waals surface area contributed by atoms with Crippen LogP contribution in [0, 0.1) is 11.8 Å². The lowest BCUT2D eigenvalue weighted by Gasteiger charge is -2.36. The average Bonchev–Trinajstić information content (AvgIpc) is 4.16. The van der Waals surface area contributed by atoms with Crippen molar-refractivity contribution in [3.05, 3.63) is 84.7 Å². The Morgan fingerprint density at radius 1 is 0.778 bits per heavy atom. The topological polar surface area (TPSA) is 184 Å². The molecule has 3 aliphatic rings. The number of nitrogens with one attached hydrogen (secondary N) is 4. The lowest BCUT2D eigenvalue weighted by Crippen LogP contribution is -2.52. The number of halogens is 2. The largest absolute Gasteiger partial charge is 0.453 e. The van der Waals surface area contributed by atoms with Crippen molar-refractivity contribution in [2.75, 3.05) is 27.4 Å². The number of ether oxygens (including phenoxy) is 3. The number of alkyl halides is 2. The monoisotopic (exact) mass is 866 g/mol. The fourth-order valence-electron chi connectivity index (χ4n) is 9.49. The summed E-state index contributed by atoms with van der Waals surface area (Å²) in [6.07, 6.45) is 6.08. The van der Waals surface area contributed by atoms with Crippen molar-refractivity contribution >= 4 is 34.8 Å². The van der Waals surface area contributed by atoms with Crippen LogP contribution < -0.4 is 10.6 Å². The van der Waals surface area contributed by atoms with Crippen LogP contribution in [0.25, 0.3) is 44.4 Å². The standard InChI is InChI=1S/C46H52F2N8O7/c1-25(2)38(54-46(60)62-4)43(58)55-18-5-6-37(55)40-49-24-36(51-40)31-14-13-29-20-28(11-12-30(29)21-31)26-7-9-27(10-8-26)35-23-50-41(52-35)39-32-15-16-33(22-32)56(39)42(57)34(53-45(59)61-3)17-19-63-44(47)48/h7-14,20-21,23-25,32-34,37-39,44H,5-6,15-19,22H2,1-4H3,(H,49,51)(H,50,52)(H,53,59)(H,54,60)/t32-,33-,34+,37+,38+,39+/m1/s1. The van der Waals surface area contributed by atoms with Crippen LogP contribution in [-0.2, 0) is 23.8 Å². The van der Waals surface area contributed by atoms with E-state index >= 15 is 0 Å². The summed E-state index contributed by atoms with van der Waals surface area (Å²) in [5.74, 6) is 0.854. The Morgan fingerprint density at radius 2 is 1.40 bits per heavy atom. The molecule has 4 N–H and O–H groups in total. The maximum absolute atomic E-state index is 13.9. The van der Waals surface area contributed by atoms with Gasteiger partial charge in [0.2, 0.25) is 11.8 Å². The molecule has 4 heterocycles. The van der Waals surface area contributed by atoms with Crippen LogP contribution in [0.4, 0.5) is 18.4 Å². The van der Waals surface area contributed by atoms with Gasteiger partial charge in [0.15, 0.2) is 0 Å². The Balaban J connectivity index is 0.945. The lowest BCUT2D eigenvalue weighted by atomic mass is 9.97. The predicted octanol–water partition coefficient (Wildman–Crippen LogP) is 7.74. The molecule has 332 valence electrons. The number of likely N-dealkylation sites (tertiary alicyclic amines) is 2. The zero-order valence-corrected chi connectivity index (χ0v) is 35.6. The number of methoxy groups -OCH3 is 2. The normalized spacial score (nSPS) is 20.4. The average molecular weight is 867 g/mol. The predicted molar refractivity (Wildman–Crippen MR) is 229 cm³/mol. The number of aromatic nitrogens is 4. The SMILES string of the molecule is COC(=O)N[C@@H](CCOC(F)F)C(=O)N1[C@@H]2CC[C@H](C2)[C@H]1c1ncc(-c2ccc(-c3ccc4cc(-c5cnc([C@@H]6CCCN6C(=O)[C@@H](NC(=O)OC)C(C)C)[nH]5)ccc4c3)cc2)[nH]1. The fraction of sp³-hybridized carbons (Fsp3) is 0.435. The molecular weight excluding hydrogens is 815 g/mol. The van der Waals surface area contributed by atoms with Crippen LogP contribution in [0.1, 0.15) is 76.1 Å². The molecule has 63 heavy (non-hydrogen) atoms. The van der Waals surface area contributed by atoms with Crippen molar-refractivity contribution < 1.29 is 42.2 Å². The number of hydrogen-bond donors (Lipinski definition) is 4. The summed E-state index contributed by atoms with van der Waals surface area (Å²) in [5.41, 5.74) is 5.60. The third-order valence-corrected chi connectivity index (χ3v) is 12.7. The van der Waals surface area contributed by atoms with Gasteiger partial charge in [0.1, 0.15) is 23.7 Å². The number of piperidine rings is 1. The molecule has 3 aromatic carbocycles. The van der Waals surface area contributed by atoms with Crippen LogP contribution in [0.5, 0.6) is 0 Å². The number of H-pyrrole nitrogens is 2. The van der Waals surface area contributed by atoms with E-state index in [9.17, 15) is 28.0 Å². The Labute approximate surface area is 363 Å². The minimum atomic E-state index is -2.99. The number of nitrogens with zero attached hydrogens (tertiary/aromatic N) is 4. The molecule has 5 aromatic rings. The quantitative estimate of drug-likeness (QED) is 0.0868. The van der Waals surface area contributed by atoms with E-state index in [-0.39, 0.29) is 48.2 Å². The number of imidazole rings is 2. The van der Waals surface area contributed by atoms with E-state index in [1.165, 1.54) is 14.2 Å². The number of rotatable bonds is 14. The first kappa shape index (κ1) is 43.3. The molecule has 15 nitrogen and oxygen atoms in total. The van der Waals surface area contributed by atoms with Crippen LogP contribution in [0.15, 0.2) is 73.1 Å². The molecule has 0 unspecified atom stereocenters. The van der Waals surface area contributed by atoms with Gasteiger partial charge in [0.25, 0.3) is 0 Å². The van der Waals surface area contributed by atoms with Gasteiger partial charge in [-0.05, 0) is 83.5 Å². The molecule has 4 amide bonds. The van der Waals surface area contributed by atoms with Crippen LogP contribution in [-0.4, -0.2) is 106 Å². The van der Waals surface area contributed by atoms with E-state index in [0.717, 1.165) is 76.5 Å². The Kier molecular flexibility index (Phi) is 12.7. The van der Waals surface area contributed by atoms with Crippen LogP contribution in [0.3, 0.4) is 0 Å². The Bertz CT molecular complexity index is 2460. The van der Waals surface area contributed by atoms with Gasteiger partial charge in [-0.1, -0.05) is 62.4 Å². The first-order valence-electron chi connectivity index (χ1n) is 21.4. The van der Waals surface area contributed by atoms with Gasteiger partial charge in [-0.3, -0.25) is 9.59 Å². The van der Waals surface area contributed by atoms with Crippen molar-refractivity contribution in [1.82, 2.24) is 40.4 Å². The van der Waals surface area contributed by atoms with E-state index in [2.05, 4.69) is 73.9 Å². The first-order valence-corrected chi connectivity index (χ1v) is 21.4. The lowest BCUT2D eigenvalue weighted by molar-refractivity contribution is -0.144. The highest BCUT2D eigenvalue weighted by atomic mass is 19.3. The summed E-state index contributed by atoms with van der Waals surface area (Å²) in [4.78, 5) is 71.5. The summed E-state index contributed by atoms with van der Waals surface area (Å²) in [7, 11) is 2.46. The molecule has 8 rings (SSSR count). The zero-order chi connectivity index (χ0) is 44.4. The number of carbonyl (C=O) groups excluding carboxylic acids is 4. The molecule has 2 saturated heterocycles. The second-order valence-electron chi connectivity index (χ2n) is 16.8. The highest BCUT2D eigenvalue weighted by molar-refractivity contribution is 5.91. The van der Waals surface area contributed by atoms with Crippen molar-refractivity contribution in [1.29, 1.82) is 0 Å². The number of hydrogen-bond acceptors (Lipinski definition) is 9. The van der Waals surface area contributed by atoms with Crippen LogP contribution >= 0.6 is 0 Å². The van der Waals surface area contributed by atoms with E-state index in [4.69, 9.17) is 19.4 Å². The smallest absolute Gasteiger partial charge is 0.407 e. The van der Waals surface area contributed by atoms with Crippen LogP contribution in [0.2, 0.25) is 0 Å². The fourth-order valence-corrected chi connectivity index (χ4v) is 9.49. The van der Waals surface area contributed by atoms with Gasteiger partial charge in [0, 0.05) is 24.6 Å². The molecule has 1 aliphatic carbocycles. The van der Waals surface area contributed by atoms with E-state index < -0.39 is 37.5 Å². The van der Waals surface area contributed by atoms with Crippen molar-refractivity contribution in [2.45, 2.75) is 89.2 Å². The van der Waals surface area contributed by atoms with Crippen molar-refractivity contribution in [3.63, 3.8) is 0 Å². The molecule has 3 fully saturated rings. The number of carbonyl (C=O) groups is 4. The van der Waals surface area contributed by atoms with E-state index in [1.807, 2.05) is 26.0 Å². The molecule has 17 heteroatoms. The molecule has 2 bridgehead atoms. The summed E-state index contributed by atoms with van der Waals surface area (Å²) in [5, 5.41) is 7.33. The number of fused-ring (bicyclic) bond motifs is 3. The maximum Gasteiger partial charge on any atom is 0.407 e. The summed E-state index contributed by atoms with van der Waals surface area (Å²) < 4.78 is 39.4. The molecule has 1 saturated carbocycles. The second-order valence-corrected chi connectivity index (χ2v) is 16.8. The number of aromatic amines is 2. The van der Waals surface area contributed by atoms with Crippen molar-refractivity contribution in [3.8, 4) is 33.6 Å². The van der Waals surface area contributed by atoms with Gasteiger partial charge < -0.3 is 44.6 Å².